The molecule has 0 saturated heterocycles. The Labute approximate surface area is 205 Å². The fraction of sp³-hybridized carbons (Fsp3) is 0.259. The largest absolute Gasteiger partial charge is 0.449 e. The zero-order chi connectivity index (χ0) is 24.7. The summed E-state index contributed by atoms with van der Waals surface area (Å²) in [5.41, 5.74) is 3.60. The fourth-order valence-electron chi connectivity index (χ4n) is 4.87. The van der Waals surface area contributed by atoms with Crippen LogP contribution in [0.3, 0.4) is 0 Å². The molecule has 2 aliphatic heterocycles. The Bertz CT molecular complexity index is 1420. The van der Waals surface area contributed by atoms with Gasteiger partial charge in [-0.05, 0) is 68.1 Å². The number of esters is 1. The quantitative estimate of drug-likeness (QED) is 0.506. The number of carbonyl (C=O) groups excluding carboxylic acids is 2. The lowest BCUT2D eigenvalue weighted by Gasteiger charge is -2.25. The lowest BCUT2D eigenvalue weighted by Crippen LogP contribution is -2.39. The second kappa shape index (κ2) is 8.85. The van der Waals surface area contributed by atoms with E-state index in [0.717, 1.165) is 23.2 Å². The summed E-state index contributed by atoms with van der Waals surface area (Å²) in [6.07, 6.45) is 0.358. The first kappa shape index (κ1) is 23.1. The van der Waals surface area contributed by atoms with Gasteiger partial charge in [-0.15, -0.1) is 0 Å². The van der Waals surface area contributed by atoms with Crippen LogP contribution in [0.4, 0.5) is 11.4 Å². The number of ether oxygens (including phenoxy) is 1. The Morgan fingerprint density at radius 3 is 2.40 bits per heavy atom. The first-order valence-corrected chi connectivity index (χ1v) is 13.0. The molecule has 0 bridgehead atoms. The van der Waals surface area contributed by atoms with Crippen molar-refractivity contribution in [2.24, 2.45) is 0 Å². The van der Waals surface area contributed by atoms with Crippen LogP contribution in [0.2, 0.25) is 0 Å². The van der Waals surface area contributed by atoms with E-state index in [4.69, 9.17) is 4.74 Å². The zero-order valence-corrected chi connectivity index (χ0v) is 20.4. The molecule has 0 spiro atoms. The minimum Gasteiger partial charge on any atom is -0.449 e. The summed E-state index contributed by atoms with van der Waals surface area (Å²) >= 11 is 0. The average molecular weight is 491 g/mol. The number of anilines is 2. The summed E-state index contributed by atoms with van der Waals surface area (Å²) in [6.45, 7) is 3.92. The number of benzene rings is 3. The van der Waals surface area contributed by atoms with Gasteiger partial charge in [-0.2, -0.15) is 0 Å². The molecule has 1 amide bonds. The molecule has 2 aliphatic rings. The zero-order valence-electron chi connectivity index (χ0n) is 19.5. The van der Waals surface area contributed by atoms with Crippen LogP contribution in [-0.2, 0) is 32.4 Å². The van der Waals surface area contributed by atoms with Gasteiger partial charge in [-0.1, -0.05) is 42.5 Å². The Morgan fingerprint density at radius 1 is 0.943 bits per heavy atom. The van der Waals surface area contributed by atoms with Gasteiger partial charge in [0, 0.05) is 18.3 Å². The molecule has 0 fully saturated rings. The minimum absolute atomic E-state index is 0.00273. The molecule has 0 saturated carbocycles. The highest BCUT2D eigenvalue weighted by molar-refractivity contribution is 7.92. The second-order valence-electron chi connectivity index (χ2n) is 8.93. The van der Waals surface area contributed by atoms with Gasteiger partial charge >= 0.3 is 5.97 Å². The molecule has 3 aromatic carbocycles. The van der Waals surface area contributed by atoms with Crippen molar-refractivity contribution in [3.63, 3.8) is 0 Å². The summed E-state index contributed by atoms with van der Waals surface area (Å²) < 4.78 is 33.9. The molecule has 180 valence electrons. The molecular weight excluding hydrogens is 464 g/mol. The second-order valence-corrected chi connectivity index (χ2v) is 10.7. The topological polar surface area (TPSA) is 84.0 Å². The monoisotopic (exact) mass is 490 g/mol. The van der Waals surface area contributed by atoms with Crippen molar-refractivity contribution in [1.82, 2.24) is 0 Å². The highest BCUT2D eigenvalue weighted by Gasteiger charge is 2.36. The maximum absolute atomic E-state index is 13.5. The van der Waals surface area contributed by atoms with E-state index in [0.29, 0.717) is 18.7 Å². The predicted molar refractivity (Wildman–Crippen MR) is 133 cm³/mol. The van der Waals surface area contributed by atoms with E-state index in [1.807, 2.05) is 49.4 Å². The van der Waals surface area contributed by atoms with Crippen molar-refractivity contribution in [3.05, 3.63) is 89.5 Å². The molecule has 8 heteroatoms. The van der Waals surface area contributed by atoms with Crippen molar-refractivity contribution >= 4 is 33.3 Å². The van der Waals surface area contributed by atoms with Crippen molar-refractivity contribution in [2.75, 3.05) is 15.7 Å². The molecule has 0 radical (unpaired) electrons. The Kier molecular flexibility index (Phi) is 5.84. The molecule has 7 nitrogen and oxygen atoms in total. The summed E-state index contributed by atoms with van der Waals surface area (Å²) in [7, 11) is -3.90. The first-order valence-electron chi connectivity index (χ1n) is 11.6. The Hall–Kier alpha value is -3.65. The van der Waals surface area contributed by atoms with Gasteiger partial charge in [-0.3, -0.25) is 9.10 Å². The molecule has 35 heavy (non-hydrogen) atoms. The van der Waals surface area contributed by atoms with E-state index < -0.39 is 22.1 Å². The normalized spacial score (nSPS) is 17.6. The Balaban J connectivity index is 1.35. The SMILES string of the molecule is CC(OC(=O)c1cccc(S(=O)(=O)N2c3ccccc3CC2C)c1)C(=O)N1CCc2ccccc21. The molecule has 5 rings (SSSR count). The van der Waals surface area contributed by atoms with E-state index in [2.05, 4.69) is 0 Å². The number of hydrogen-bond donors (Lipinski definition) is 0. The lowest BCUT2D eigenvalue weighted by molar-refractivity contribution is -0.126. The number of sulfonamides is 1. The highest BCUT2D eigenvalue weighted by atomic mass is 32.2. The minimum atomic E-state index is -3.90. The van der Waals surface area contributed by atoms with Crippen molar-refractivity contribution in [3.8, 4) is 0 Å². The smallest absolute Gasteiger partial charge is 0.338 e. The number of para-hydroxylation sites is 2. The predicted octanol–water partition coefficient (Wildman–Crippen LogP) is 3.96. The standard InChI is InChI=1S/C27H26N2O5S/c1-18-16-21-9-4-6-13-25(21)29(18)35(32,33)23-11-7-10-22(17-23)27(31)34-19(2)26(30)28-15-14-20-8-3-5-12-24(20)28/h3-13,17-19H,14-16H2,1-2H3. The molecule has 3 aromatic rings. The van der Waals surface area contributed by atoms with Crippen LogP contribution in [0.5, 0.6) is 0 Å². The van der Waals surface area contributed by atoms with E-state index in [1.165, 1.54) is 35.5 Å². The Morgan fingerprint density at radius 2 is 1.63 bits per heavy atom. The van der Waals surface area contributed by atoms with Gasteiger partial charge in [0.15, 0.2) is 6.10 Å². The maximum Gasteiger partial charge on any atom is 0.338 e. The van der Waals surface area contributed by atoms with Crippen LogP contribution in [0.1, 0.15) is 35.3 Å². The highest BCUT2D eigenvalue weighted by Crippen LogP contribution is 2.36. The molecule has 2 unspecified atom stereocenters. The number of hydrogen-bond acceptors (Lipinski definition) is 5. The number of carbonyl (C=O) groups is 2. The van der Waals surface area contributed by atoms with Crippen LogP contribution in [0, 0.1) is 0 Å². The van der Waals surface area contributed by atoms with Gasteiger partial charge in [-0.25, -0.2) is 13.2 Å². The van der Waals surface area contributed by atoms with Crippen LogP contribution >= 0.6 is 0 Å². The number of amides is 1. The molecule has 0 N–H and O–H groups in total. The van der Waals surface area contributed by atoms with Crippen LogP contribution in [0.25, 0.3) is 0 Å². The van der Waals surface area contributed by atoms with Gasteiger partial charge in [0.1, 0.15) is 0 Å². The van der Waals surface area contributed by atoms with E-state index >= 15 is 0 Å². The van der Waals surface area contributed by atoms with Gasteiger partial charge in [0.05, 0.1) is 16.1 Å². The summed E-state index contributed by atoms with van der Waals surface area (Å²) in [4.78, 5) is 27.5. The lowest BCUT2D eigenvalue weighted by atomic mass is 10.1. The van der Waals surface area contributed by atoms with Gasteiger partial charge in [0.25, 0.3) is 15.9 Å². The average Bonchev–Trinajstić information content (AvgIpc) is 3.44. The summed E-state index contributed by atoms with van der Waals surface area (Å²) in [5, 5.41) is 0. The van der Waals surface area contributed by atoms with Crippen LogP contribution in [0.15, 0.2) is 77.7 Å². The molecule has 2 atom stereocenters. The van der Waals surface area contributed by atoms with Crippen molar-refractivity contribution in [2.45, 2.75) is 43.7 Å². The van der Waals surface area contributed by atoms with E-state index in [1.54, 1.807) is 11.0 Å². The first-order chi connectivity index (χ1) is 16.8. The number of rotatable bonds is 5. The molecule has 2 heterocycles. The van der Waals surface area contributed by atoms with E-state index in [-0.39, 0.29) is 22.4 Å². The number of nitrogens with zero attached hydrogens (tertiary/aromatic N) is 2. The van der Waals surface area contributed by atoms with Gasteiger partial charge in [0.2, 0.25) is 0 Å². The maximum atomic E-state index is 13.5. The third-order valence-corrected chi connectivity index (χ3v) is 8.48. The fourth-order valence-corrected chi connectivity index (χ4v) is 6.61. The molecule has 0 aromatic heterocycles. The van der Waals surface area contributed by atoms with E-state index in [9.17, 15) is 18.0 Å². The van der Waals surface area contributed by atoms with Crippen LogP contribution in [-0.4, -0.2) is 39.0 Å². The molecular formula is C27H26N2O5S. The summed E-state index contributed by atoms with van der Waals surface area (Å²) in [5.74, 6) is -1.06. The van der Waals surface area contributed by atoms with Crippen LogP contribution < -0.4 is 9.21 Å². The number of fused-ring (bicyclic) bond motifs is 2. The van der Waals surface area contributed by atoms with Crippen molar-refractivity contribution in [1.29, 1.82) is 0 Å². The van der Waals surface area contributed by atoms with Crippen molar-refractivity contribution < 1.29 is 22.7 Å². The van der Waals surface area contributed by atoms with Gasteiger partial charge < -0.3 is 9.64 Å². The third kappa shape index (κ3) is 4.08. The summed E-state index contributed by atoms with van der Waals surface area (Å²) in [6, 6.07) is 20.6. The third-order valence-electron chi connectivity index (χ3n) is 6.56. The molecule has 0 aliphatic carbocycles.